The zero-order chi connectivity index (χ0) is 26.5. The highest BCUT2D eigenvalue weighted by atomic mass is 35.5. The molecule has 0 saturated carbocycles. The molecule has 0 aromatic heterocycles. The smallest absolute Gasteiger partial charge is 0.407 e. The predicted molar refractivity (Wildman–Crippen MR) is 146 cm³/mol. The summed E-state index contributed by atoms with van der Waals surface area (Å²) in [5.41, 5.74) is 2.05. The number of nitrogens with zero attached hydrogens (tertiary/aromatic N) is 1. The molecule has 1 amide bonds. The minimum Gasteiger partial charge on any atom is -0.489 e. The van der Waals surface area contributed by atoms with Crippen molar-refractivity contribution in [3.05, 3.63) is 88.9 Å². The summed E-state index contributed by atoms with van der Waals surface area (Å²) >= 11 is 8.42. The molecule has 0 radical (unpaired) electrons. The van der Waals surface area contributed by atoms with Crippen molar-refractivity contribution in [2.24, 2.45) is 0 Å². The van der Waals surface area contributed by atoms with Crippen LogP contribution < -0.4 is 10.1 Å². The minimum atomic E-state index is -0.563. The largest absolute Gasteiger partial charge is 0.489 e. The van der Waals surface area contributed by atoms with E-state index in [1.807, 2.05) is 72.8 Å². The number of methoxy groups -OCH3 is 1. The van der Waals surface area contributed by atoms with Crippen molar-refractivity contribution in [3.63, 3.8) is 0 Å². The van der Waals surface area contributed by atoms with Gasteiger partial charge in [0.25, 0.3) is 0 Å². The number of nitrogens with one attached hydrogen (secondary N) is 1. The Kier molecular flexibility index (Phi) is 11.6. The van der Waals surface area contributed by atoms with Crippen LogP contribution in [0.2, 0.25) is 5.02 Å². The molecule has 0 spiro atoms. The summed E-state index contributed by atoms with van der Waals surface area (Å²) < 4.78 is 10.5. The fourth-order valence-electron chi connectivity index (χ4n) is 3.97. The number of alkyl carbamates (subject to hydrolysis) is 1. The van der Waals surface area contributed by atoms with Crippen LogP contribution in [-0.2, 0) is 11.3 Å². The van der Waals surface area contributed by atoms with E-state index in [0.29, 0.717) is 30.9 Å². The van der Waals surface area contributed by atoms with Gasteiger partial charge >= 0.3 is 6.09 Å². The number of benzene rings is 3. The molecule has 2 N–H and O–H groups in total. The summed E-state index contributed by atoms with van der Waals surface area (Å²) in [6.07, 6.45) is 1.35. The highest BCUT2D eigenvalue weighted by molar-refractivity contribution is 7.99. The molecule has 0 aliphatic heterocycles. The average Bonchev–Trinajstić information content (AvgIpc) is 2.92. The summed E-state index contributed by atoms with van der Waals surface area (Å²) in [7, 11) is 1.29. The Morgan fingerprint density at radius 1 is 1.05 bits per heavy atom. The molecule has 8 heteroatoms. The lowest BCUT2D eigenvalue weighted by Gasteiger charge is -2.22. The Morgan fingerprint density at radius 2 is 1.81 bits per heavy atom. The van der Waals surface area contributed by atoms with E-state index in [1.54, 1.807) is 11.8 Å². The Balaban J connectivity index is 1.66. The second kappa shape index (κ2) is 15.2. The van der Waals surface area contributed by atoms with Crippen molar-refractivity contribution in [2.45, 2.75) is 54.0 Å². The van der Waals surface area contributed by atoms with Gasteiger partial charge in [-0.2, -0.15) is 5.26 Å². The zero-order valence-corrected chi connectivity index (χ0v) is 22.3. The van der Waals surface area contributed by atoms with Gasteiger partial charge < -0.3 is 19.9 Å². The molecular weight excluding hydrogens is 508 g/mol. The molecule has 3 aromatic rings. The first-order valence-corrected chi connectivity index (χ1v) is 13.3. The van der Waals surface area contributed by atoms with E-state index in [-0.39, 0.29) is 25.0 Å². The fourth-order valence-corrected chi connectivity index (χ4v) is 5.24. The normalized spacial score (nSPS) is 12.3. The van der Waals surface area contributed by atoms with Gasteiger partial charge in [0.05, 0.1) is 24.6 Å². The van der Waals surface area contributed by atoms with Crippen LogP contribution >= 0.6 is 23.4 Å². The third-order valence-electron chi connectivity index (χ3n) is 5.92. The third-order valence-corrected chi connectivity index (χ3v) is 7.52. The maximum absolute atomic E-state index is 11.6. The molecule has 3 aromatic carbocycles. The molecule has 6 nitrogen and oxygen atoms in total. The number of nitriles is 1. The van der Waals surface area contributed by atoms with Crippen molar-refractivity contribution in [1.82, 2.24) is 5.32 Å². The van der Waals surface area contributed by atoms with Crippen LogP contribution in [0.3, 0.4) is 0 Å². The molecule has 0 fully saturated rings. The number of aliphatic hydroxyl groups is 1. The van der Waals surface area contributed by atoms with Gasteiger partial charge in [0, 0.05) is 22.4 Å². The van der Waals surface area contributed by atoms with Gasteiger partial charge in [0.1, 0.15) is 12.4 Å². The lowest BCUT2D eigenvalue weighted by atomic mass is 9.89. The van der Waals surface area contributed by atoms with E-state index in [4.69, 9.17) is 21.6 Å². The lowest BCUT2D eigenvalue weighted by Crippen LogP contribution is -2.34. The minimum absolute atomic E-state index is 0.0101. The highest BCUT2D eigenvalue weighted by Crippen LogP contribution is 2.40. The van der Waals surface area contributed by atoms with Crippen LogP contribution in [0, 0.1) is 11.3 Å². The molecule has 0 heterocycles. The van der Waals surface area contributed by atoms with Crippen LogP contribution in [0.1, 0.15) is 42.7 Å². The predicted octanol–water partition coefficient (Wildman–Crippen LogP) is 6.95. The van der Waals surface area contributed by atoms with Crippen molar-refractivity contribution >= 4 is 29.5 Å². The van der Waals surface area contributed by atoms with Crippen molar-refractivity contribution in [3.8, 4) is 11.8 Å². The van der Waals surface area contributed by atoms with Gasteiger partial charge in [0.2, 0.25) is 0 Å². The number of hydrogen-bond acceptors (Lipinski definition) is 6. The molecule has 0 saturated heterocycles. The molecule has 2 atom stereocenters. The number of carbonyl (C=O) groups excluding carboxylic acids is 1. The van der Waals surface area contributed by atoms with Gasteiger partial charge in [-0.15, -0.1) is 0 Å². The summed E-state index contributed by atoms with van der Waals surface area (Å²) in [6, 6.07) is 25.6. The summed E-state index contributed by atoms with van der Waals surface area (Å²) in [5.74, 6) is 0.774. The first kappa shape index (κ1) is 28.4. The Hall–Kier alpha value is -3.18. The topological polar surface area (TPSA) is 91.6 Å². The monoisotopic (exact) mass is 538 g/mol. The van der Waals surface area contributed by atoms with Gasteiger partial charge in [-0.1, -0.05) is 65.8 Å². The first-order chi connectivity index (χ1) is 18.0. The van der Waals surface area contributed by atoms with Crippen LogP contribution in [0.5, 0.6) is 5.75 Å². The summed E-state index contributed by atoms with van der Waals surface area (Å²) in [6.45, 7) is 0.522. The molecule has 0 aliphatic carbocycles. The highest BCUT2D eigenvalue weighted by Gasteiger charge is 2.20. The molecule has 0 bridgehead atoms. The lowest BCUT2D eigenvalue weighted by molar-refractivity contribution is 0.165. The molecule has 37 heavy (non-hydrogen) atoms. The van der Waals surface area contributed by atoms with Gasteiger partial charge in [-0.25, -0.2) is 4.79 Å². The fraction of sp³-hybridized carbons (Fsp3) is 0.310. The van der Waals surface area contributed by atoms with Crippen molar-refractivity contribution < 1.29 is 19.4 Å². The molecule has 194 valence electrons. The Morgan fingerprint density at radius 3 is 2.49 bits per heavy atom. The summed E-state index contributed by atoms with van der Waals surface area (Å²) in [5, 5.41) is 22.2. The van der Waals surface area contributed by atoms with E-state index in [0.717, 1.165) is 26.7 Å². The number of rotatable bonds is 13. The maximum atomic E-state index is 11.6. The van der Waals surface area contributed by atoms with Crippen LogP contribution in [-0.4, -0.2) is 31.0 Å². The van der Waals surface area contributed by atoms with Crippen LogP contribution in [0.15, 0.2) is 82.6 Å². The number of ether oxygens (including phenoxy) is 2. The Labute approximate surface area is 227 Å². The van der Waals surface area contributed by atoms with Gasteiger partial charge in [0.15, 0.2) is 0 Å². The molecule has 3 rings (SSSR count). The van der Waals surface area contributed by atoms with Gasteiger partial charge in [-0.05, 0) is 66.6 Å². The molecular formula is C29H31ClN2O4S. The molecule has 0 aliphatic rings. The van der Waals surface area contributed by atoms with E-state index in [1.165, 1.54) is 7.11 Å². The van der Waals surface area contributed by atoms with Crippen LogP contribution in [0.4, 0.5) is 4.79 Å². The second-order valence-electron chi connectivity index (χ2n) is 8.49. The number of halogens is 1. The number of carbonyl (C=O) groups is 1. The zero-order valence-electron chi connectivity index (χ0n) is 20.7. The maximum Gasteiger partial charge on any atom is 0.407 e. The van der Waals surface area contributed by atoms with Gasteiger partial charge in [-0.3, -0.25) is 0 Å². The van der Waals surface area contributed by atoms with Crippen molar-refractivity contribution in [1.29, 1.82) is 5.26 Å². The second-order valence-corrected chi connectivity index (χ2v) is 9.98. The first-order valence-electron chi connectivity index (χ1n) is 12.1. The SMILES string of the molecule is COC(=O)NC(CC#N)CCC(CCO)c1cccc(Sc2ccc(OCc3ccccc3)cc2)c1Cl. The Bertz CT molecular complexity index is 1170. The molecule has 2 unspecified atom stereocenters. The van der Waals surface area contributed by atoms with Crippen LogP contribution in [0.25, 0.3) is 0 Å². The van der Waals surface area contributed by atoms with E-state index in [2.05, 4.69) is 16.1 Å². The number of hydrogen-bond donors (Lipinski definition) is 2. The summed E-state index contributed by atoms with van der Waals surface area (Å²) in [4.78, 5) is 13.6. The van der Waals surface area contributed by atoms with E-state index in [9.17, 15) is 9.90 Å². The van der Waals surface area contributed by atoms with E-state index < -0.39 is 6.09 Å². The van der Waals surface area contributed by atoms with E-state index >= 15 is 0 Å². The third kappa shape index (κ3) is 9.01. The van der Waals surface area contributed by atoms with Crippen molar-refractivity contribution in [2.75, 3.05) is 13.7 Å². The number of amides is 1. The standard InChI is InChI=1S/C29H31ClN2O4S/c1-35-29(34)32-23(16-18-31)11-10-22(17-19-33)26-8-5-9-27(28(26)30)37-25-14-12-24(13-15-25)36-20-21-6-3-2-4-7-21/h2-9,12-15,22-23,33H,10-11,16-17,19-20H2,1H3,(H,32,34). The average molecular weight is 539 g/mol. The quantitative estimate of drug-likeness (QED) is 0.244. The number of aliphatic hydroxyl groups excluding tert-OH is 1.